The lowest BCUT2D eigenvalue weighted by Gasteiger charge is -2.42. The summed E-state index contributed by atoms with van der Waals surface area (Å²) in [5.41, 5.74) is 6.39. The van der Waals surface area contributed by atoms with Crippen LogP contribution in [0.3, 0.4) is 0 Å². The van der Waals surface area contributed by atoms with Crippen LogP contribution in [0.5, 0.6) is 0 Å². The highest BCUT2D eigenvalue weighted by Crippen LogP contribution is 2.33. The number of nitrogens with one attached hydrogen (secondary N) is 1. The number of anilines is 1. The van der Waals surface area contributed by atoms with Gasteiger partial charge in [-0.1, -0.05) is 0 Å². The van der Waals surface area contributed by atoms with Gasteiger partial charge in [0.1, 0.15) is 5.69 Å². The number of aromatic nitrogens is 2. The van der Waals surface area contributed by atoms with Gasteiger partial charge < -0.3 is 15.8 Å². The predicted octanol–water partition coefficient (Wildman–Crippen LogP) is 1.04. The molecule has 0 aliphatic heterocycles. The first kappa shape index (κ1) is 14.7. The first-order valence-electron chi connectivity index (χ1n) is 6.85. The first-order chi connectivity index (χ1) is 9.49. The summed E-state index contributed by atoms with van der Waals surface area (Å²) < 4.78 is 7.17. The summed E-state index contributed by atoms with van der Waals surface area (Å²) in [6.07, 6.45) is 0.758. The van der Waals surface area contributed by atoms with Gasteiger partial charge in [0.2, 0.25) is 5.82 Å². The van der Waals surface area contributed by atoms with E-state index in [0.29, 0.717) is 24.7 Å². The molecule has 0 bridgehead atoms. The minimum atomic E-state index is -0.406. The SMILES string of the molecule is CCOC1CC(N)C1Nc1c([N+](=O)[O-])c(C)nn1CC. The van der Waals surface area contributed by atoms with Crippen molar-refractivity contribution in [2.45, 2.75) is 51.9 Å². The average Bonchev–Trinajstić information content (AvgIpc) is 2.71. The molecule has 0 saturated heterocycles. The Morgan fingerprint density at radius 3 is 2.80 bits per heavy atom. The summed E-state index contributed by atoms with van der Waals surface area (Å²) in [5, 5.41) is 18.5. The number of nitrogens with zero attached hydrogens (tertiary/aromatic N) is 3. The molecular formula is C12H21N5O3. The Morgan fingerprint density at radius 1 is 1.60 bits per heavy atom. The Kier molecular flexibility index (Phi) is 4.24. The quantitative estimate of drug-likeness (QED) is 0.596. The lowest BCUT2D eigenvalue weighted by atomic mass is 9.83. The van der Waals surface area contributed by atoms with Gasteiger partial charge >= 0.3 is 5.69 Å². The van der Waals surface area contributed by atoms with Gasteiger partial charge in [0.25, 0.3) is 0 Å². The Labute approximate surface area is 117 Å². The Bertz CT molecular complexity index is 500. The zero-order valence-corrected chi connectivity index (χ0v) is 12.0. The zero-order chi connectivity index (χ0) is 14.9. The van der Waals surface area contributed by atoms with Crippen molar-refractivity contribution in [2.75, 3.05) is 11.9 Å². The van der Waals surface area contributed by atoms with Crippen LogP contribution in [0.1, 0.15) is 26.0 Å². The normalized spacial score (nSPS) is 25.3. The summed E-state index contributed by atoms with van der Waals surface area (Å²) in [6, 6.07) is -0.179. The van der Waals surface area contributed by atoms with E-state index in [4.69, 9.17) is 10.5 Å². The molecule has 1 saturated carbocycles. The molecule has 1 fully saturated rings. The van der Waals surface area contributed by atoms with Crippen LogP contribution >= 0.6 is 0 Å². The van der Waals surface area contributed by atoms with Crippen LogP contribution < -0.4 is 11.1 Å². The lowest BCUT2D eigenvalue weighted by Crippen LogP contribution is -2.60. The van der Waals surface area contributed by atoms with E-state index in [2.05, 4.69) is 10.4 Å². The molecule has 2 rings (SSSR count). The van der Waals surface area contributed by atoms with E-state index in [1.165, 1.54) is 0 Å². The number of aryl methyl sites for hydroxylation is 2. The number of nitrogens with two attached hydrogens (primary N) is 1. The summed E-state index contributed by atoms with van der Waals surface area (Å²) in [7, 11) is 0. The van der Waals surface area contributed by atoms with Crippen LogP contribution in [0.15, 0.2) is 0 Å². The molecule has 112 valence electrons. The molecule has 0 amide bonds. The van der Waals surface area contributed by atoms with E-state index in [1.807, 2.05) is 13.8 Å². The Morgan fingerprint density at radius 2 is 2.30 bits per heavy atom. The summed E-state index contributed by atoms with van der Waals surface area (Å²) >= 11 is 0. The molecule has 8 heteroatoms. The molecule has 1 aromatic heterocycles. The second kappa shape index (κ2) is 5.76. The fourth-order valence-corrected chi connectivity index (χ4v) is 2.55. The lowest BCUT2D eigenvalue weighted by molar-refractivity contribution is -0.384. The van der Waals surface area contributed by atoms with Crippen LogP contribution in [0.2, 0.25) is 0 Å². The van der Waals surface area contributed by atoms with Crippen LogP contribution in [0.25, 0.3) is 0 Å². The van der Waals surface area contributed by atoms with Crippen LogP contribution in [-0.2, 0) is 11.3 Å². The van der Waals surface area contributed by atoms with E-state index < -0.39 is 4.92 Å². The van der Waals surface area contributed by atoms with E-state index in [1.54, 1.807) is 11.6 Å². The number of ether oxygens (including phenoxy) is 1. The predicted molar refractivity (Wildman–Crippen MR) is 74.7 cm³/mol. The number of rotatable bonds is 6. The highest BCUT2D eigenvalue weighted by atomic mass is 16.6. The van der Waals surface area contributed by atoms with Gasteiger partial charge in [0.15, 0.2) is 0 Å². The van der Waals surface area contributed by atoms with E-state index in [-0.39, 0.29) is 23.9 Å². The molecule has 1 aliphatic carbocycles. The van der Waals surface area contributed by atoms with Gasteiger partial charge in [-0.2, -0.15) is 5.10 Å². The van der Waals surface area contributed by atoms with Gasteiger partial charge in [-0.25, -0.2) is 4.68 Å². The number of nitro groups is 1. The highest BCUT2D eigenvalue weighted by molar-refractivity contribution is 5.60. The van der Waals surface area contributed by atoms with E-state index in [0.717, 1.165) is 6.42 Å². The average molecular weight is 283 g/mol. The van der Waals surface area contributed by atoms with Crippen molar-refractivity contribution in [3.05, 3.63) is 15.8 Å². The third-order valence-corrected chi connectivity index (χ3v) is 3.63. The van der Waals surface area contributed by atoms with Crippen molar-refractivity contribution in [1.82, 2.24) is 9.78 Å². The maximum Gasteiger partial charge on any atom is 0.333 e. The minimum Gasteiger partial charge on any atom is -0.376 e. The topological polar surface area (TPSA) is 108 Å². The first-order valence-corrected chi connectivity index (χ1v) is 6.85. The second-order valence-corrected chi connectivity index (χ2v) is 4.92. The molecule has 3 unspecified atom stereocenters. The fraction of sp³-hybridized carbons (Fsp3) is 0.750. The van der Waals surface area contributed by atoms with Crippen molar-refractivity contribution in [3.63, 3.8) is 0 Å². The van der Waals surface area contributed by atoms with Gasteiger partial charge in [0, 0.05) is 19.2 Å². The minimum absolute atomic E-state index is 0.00452. The van der Waals surface area contributed by atoms with Crippen LogP contribution in [0, 0.1) is 17.0 Å². The molecule has 8 nitrogen and oxygen atoms in total. The molecule has 0 aromatic carbocycles. The van der Waals surface area contributed by atoms with Gasteiger partial charge in [-0.05, 0) is 27.2 Å². The van der Waals surface area contributed by atoms with Gasteiger partial charge in [-0.3, -0.25) is 10.1 Å². The van der Waals surface area contributed by atoms with Crippen molar-refractivity contribution in [1.29, 1.82) is 0 Å². The second-order valence-electron chi connectivity index (χ2n) is 4.92. The third-order valence-electron chi connectivity index (χ3n) is 3.63. The molecule has 3 N–H and O–H groups in total. The van der Waals surface area contributed by atoms with Crippen LogP contribution in [0.4, 0.5) is 11.5 Å². The highest BCUT2D eigenvalue weighted by Gasteiger charge is 2.41. The van der Waals surface area contributed by atoms with Crippen molar-refractivity contribution in [3.8, 4) is 0 Å². The Balaban J connectivity index is 2.26. The van der Waals surface area contributed by atoms with Crippen LogP contribution in [-0.4, -0.2) is 39.5 Å². The third kappa shape index (κ3) is 2.48. The monoisotopic (exact) mass is 283 g/mol. The standard InChI is InChI=1S/C12H21N5O3/c1-4-16-12(11(17(18)19)7(3)15-16)14-10-8(13)6-9(10)20-5-2/h8-10,14H,4-6,13H2,1-3H3. The van der Waals surface area contributed by atoms with Crippen molar-refractivity contribution in [2.24, 2.45) is 5.73 Å². The molecule has 1 aliphatic rings. The summed E-state index contributed by atoms with van der Waals surface area (Å²) in [6.45, 7) is 6.60. The molecule has 1 heterocycles. The molecule has 3 atom stereocenters. The molecule has 1 aromatic rings. The van der Waals surface area contributed by atoms with E-state index >= 15 is 0 Å². The van der Waals surface area contributed by atoms with Crippen molar-refractivity contribution < 1.29 is 9.66 Å². The maximum atomic E-state index is 11.2. The number of hydrogen-bond acceptors (Lipinski definition) is 6. The Hall–Kier alpha value is -1.67. The fourth-order valence-electron chi connectivity index (χ4n) is 2.55. The largest absolute Gasteiger partial charge is 0.376 e. The molecule has 20 heavy (non-hydrogen) atoms. The molecular weight excluding hydrogens is 262 g/mol. The van der Waals surface area contributed by atoms with Crippen molar-refractivity contribution >= 4 is 11.5 Å². The number of hydrogen-bond donors (Lipinski definition) is 2. The van der Waals surface area contributed by atoms with E-state index in [9.17, 15) is 10.1 Å². The zero-order valence-electron chi connectivity index (χ0n) is 12.0. The summed E-state index contributed by atoms with van der Waals surface area (Å²) in [4.78, 5) is 10.8. The molecule has 0 radical (unpaired) electrons. The molecule has 0 spiro atoms. The van der Waals surface area contributed by atoms with Gasteiger partial charge in [-0.15, -0.1) is 0 Å². The summed E-state index contributed by atoms with van der Waals surface area (Å²) in [5.74, 6) is 0.417. The maximum absolute atomic E-state index is 11.2. The smallest absolute Gasteiger partial charge is 0.333 e. The van der Waals surface area contributed by atoms with Gasteiger partial charge in [0.05, 0.1) is 17.1 Å².